The van der Waals surface area contributed by atoms with Gasteiger partial charge in [-0.3, -0.25) is 4.79 Å². The van der Waals surface area contributed by atoms with E-state index >= 15 is 0 Å². The lowest BCUT2D eigenvalue weighted by molar-refractivity contribution is 0.0949. The van der Waals surface area contributed by atoms with Crippen molar-refractivity contribution in [1.82, 2.24) is 45.5 Å². The van der Waals surface area contributed by atoms with Gasteiger partial charge in [-0.2, -0.15) is 9.78 Å². The Morgan fingerprint density at radius 1 is 1.17 bits per heavy atom. The van der Waals surface area contributed by atoms with Gasteiger partial charge in [-0.05, 0) is 39.6 Å². The molecule has 0 spiro atoms. The molecule has 0 aliphatic heterocycles. The van der Waals surface area contributed by atoms with Crippen LogP contribution in [0.4, 0.5) is 5.82 Å². The van der Waals surface area contributed by atoms with Crippen molar-refractivity contribution in [3.63, 3.8) is 0 Å². The molecule has 0 saturated carbocycles. The Kier molecular flexibility index (Phi) is 5.93. The lowest BCUT2D eigenvalue weighted by atomic mass is 10.0. The minimum Gasteiger partial charge on any atom is -0.378 e. The molecule has 3 aromatic heterocycles. The highest BCUT2D eigenvalue weighted by molar-refractivity contribution is 7.98. The van der Waals surface area contributed by atoms with Crippen molar-refractivity contribution in [2.45, 2.75) is 17.8 Å². The molecule has 3 heterocycles. The maximum atomic E-state index is 13.0. The Hall–Kier alpha value is -4.59. The van der Waals surface area contributed by atoms with Crippen LogP contribution in [0.3, 0.4) is 0 Å². The quantitative estimate of drug-likeness (QED) is 0.196. The summed E-state index contributed by atoms with van der Waals surface area (Å²) in [5.74, 6) is -0.139. The predicted octanol–water partition coefficient (Wildman–Crippen LogP) is 1.96. The summed E-state index contributed by atoms with van der Waals surface area (Å²) in [4.78, 5) is 13.0. The zero-order valence-electron chi connectivity index (χ0n) is 18.7. The molecular formula is C21H19N11O2S. The maximum absolute atomic E-state index is 13.0. The molecule has 3 N–H and O–H groups in total. The second kappa shape index (κ2) is 9.34. The van der Waals surface area contributed by atoms with E-state index in [0.29, 0.717) is 16.6 Å². The topological polar surface area (TPSA) is 168 Å². The lowest BCUT2D eigenvalue weighted by Gasteiger charge is -2.06. The van der Waals surface area contributed by atoms with Crippen molar-refractivity contribution in [3.8, 4) is 5.82 Å². The molecule has 13 nitrogen and oxygen atoms in total. The Morgan fingerprint density at radius 3 is 2.74 bits per heavy atom. The van der Waals surface area contributed by atoms with Gasteiger partial charge in [0.15, 0.2) is 10.9 Å². The summed E-state index contributed by atoms with van der Waals surface area (Å²) in [5, 5.41) is 30.4. The van der Waals surface area contributed by atoms with Crippen molar-refractivity contribution in [2.24, 2.45) is 12.1 Å². The predicted molar refractivity (Wildman–Crippen MR) is 128 cm³/mol. The van der Waals surface area contributed by atoms with Gasteiger partial charge in [0.2, 0.25) is 11.6 Å². The van der Waals surface area contributed by atoms with E-state index < -0.39 is 5.91 Å². The normalized spacial score (nSPS) is 11.8. The van der Waals surface area contributed by atoms with E-state index in [-0.39, 0.29) is 23.1 Å². The SMILES string of the molecule is CC(=NNC(=O)c1nnn(-c2nonc2N)c1CSc1nncn1C)c1ccc2ccccc2c1. The fraction of sp³-hybridized carbons (Fsp3) is 0.143. The Bertz CT molecular complexity index is 1550. The van der Waals surface area contributed by atoms with E-state index in [0.717, 1.165) is 16.3 Å². The molecule has 5 aromatic rings. The third-order valence-corrected chi connectivity index (χ3v) is 6.22. The summed E-state index contributed by atoms with van der Waals surface area (Å²) >= 11 is 1.34. The third kappa shape index (κ3) is 4.46. The van der Waals surface area contributed by atoms with Gasteiger partial charge in [-0.25, -0.2) is 10.1 Å². The van der Waals surface area contributed by atoms with Crippen LogP contribution in [0.5, 0.6) is 0 Å². The number of nitrogens with zero attached hydrogens (tertiary/aromatic N) is 9. The van der Waals surface area contributed by atoms with Crippen LogP contribution in [-0.2, 0) is 12.8 Å². The number of carbonyl (C=O) groups is 1. The van der Waals surface area contributed by atoms with E-state index in [1.54, 1.807) is 10.9 Å². The first-order chi connectivity index (χ1) is 17.0. The molecule has 0 aliphatic rings. The molecule has 176 valence electrons. The van der Waals surface area contributed by atoms with Crippen LogP contribution in [-0.4, -0.2) is 51.7 Å². The number of anilines is 1. The number of aromatic nitrogens is 8. The Balaban J connectivity index is 1.41. The lowest BCUT2D eigenvalue weighted by Crippen LogP contribution is -2.21. The van der Waals surface area contributed by atoms with Crippen molar-refractivity contribution in [2.75, 3.05) is 5.73 Å². The molecule has 0 aliphatic carbocycles. The molecule has 0 fully saturated rings. The average molecular weight is 490 g/mol. The number of amides is 1. The summed E-state index contributed by atoms with van der Waals surface area (Å²) in [6.45, 7) is 1.81. The zero-order valence-corrected chi connectivity index (χ0v) is 19.5. The monoisotopic (exact) mass is 489 g/mol. The number of fused-ring (bicyclic) bond motifs is 1. The molecule has 0 radical (unpaired) electrons. The number of aryl methyl sites for hydroxylation is 1. The first-order valence-corrected chi connectivity index (χ1v) is 11.3. The van der Waals surface area contributed by atoms with Crippen LogP contribution in [0.15, 0.2) is 63.7 Å². The Labute approximate surface area is 202 Å². The standard InChI is InChI=1S/C21H19N11O2S/c1-12(14-8-7-13-5-3-4-6-15(13)9-14)24-26-20(33)17-16(10-35-21-27-23-11-31(21)2)32(30-25-17)19-18(22)28-34-29-19/h3-9,11H,10H2,1-2H3,(H2,22,28)(H,26,33). The minimum atomic E-state index is -0.542. The maximum Gasteiger partial charge on any atom is 0.293 e. The largest absolute Gasteiger partial charge is 0.378 e. The summed E-state index contributed by atoms with van der Waals surface area (Å²) in [6, 6.07) is 14.0. The van der Waals surface area contributed by atoms with Crippen molar-refractivity contribution < 1.29 is 9.42 Å². The summed E-state index contributed by atoms with van der Waals surface area (Å²) in [5.41, 5.74) is 10.4. The first-order valence-electron chi connectivity index (χ1n) is 10.3. The molecule has 0 saturated heterocycles. The van der Waals surface area contributed by atoms with Crippen LogP contribution < -0.4 is 11.2 Å². The van der Waals surface area contributed by atoms with Gasteiger partial charge in [0.05, 0.1) is 11.4 Å². The van der Waals surface area contributed by atoms with Gasteiger partial charge in [-0.15, -0.1) is 15.3 Å². The van der Waals surface area contributed by atoms with Gasteiger partial charge < -0.3 is 10.3 Å². The molecule has 35 heavy (non-hydrogen) atoms. The molecule has 1 amide bonds. The van der Waals surface area contributed by atoms with Crippen LogP contribution >= 0.6 is 11.8 Å². The molecule has 0 unspecified atom stereocenters. The zero-order chi connectivity index (χ0) is 24.4. The summed E-state index contributed by atoms with van der Waals surface area (Å²) in [7, 11) is 1.81. The van der Waals surface area contributed by atoms with Gasteiger partial charge >= 0.3 is 0 Å². The minimum absolute atomic E-state index is 0.0111. The van der Waals surface area contributed by atoms with Crippen LogP contribution in [0.25, 0.3) is 16.6 Å². The van der Waals surface area contributed by atoms with Gasteiger partial charge in [0.1, 0.15) is 6.33 Å². The number of nitrogen functional groups attached to an aromatic ring is 1. The van der Waals surface area contributed by atoms with E-state index in [4.69, 9.17) is 5.73 Å². The second-order valence-corrected chi connectivity index (χ2v) is 8.43. The average Bonchev–Trinajstić information content (AvgIpc) is 3.60. The van der Waals surface area contributed by atoms with Gasteiger partial charge in [0.25, 0.3) is 5.91 Å². The van der Waals surface area contributed by atoms with Crippen LogP contribution in [0.2, 0.25) is 0 Å². The number of hydrogen-bond acceptors (Lipinski definition) is 11. The molecular weight excluding hydrogens is 470 g/mol. The summed E-state index contributed by atoms with van der Waals surface area (Å²) < 4.78 is 7.74. The number of thioether (sulfide) groups is 1. The van der Waals surface area contributed by atoms with E-state index in [2.05, 4.69) is 46.0 Å². The van der Waals surface area contributed by atoms with E-state index in [1.807, 2.05) is 56.4 Å². The molecule has 14 heteroatoms. The number of nitrogens with two attached hydrogens (primary N) is 1. The second-order valence-electron chi connectivity index (χ2n) is 7.48. The number of benzene rings is 2. The highest BCUT2D eigenvalue weighted by Gasteiger charge is 2.24. The molecule has 0 bridgehead atoms. The van der Waals surface area contributed by atoms with E-state index in [9.17, 15) is 4.79 Å². The fourth-order valence-electron chi connectivity index (χ4n) is 3.32. The van der Waals surface area contributed by atoms with E-state index in [1.165, 1.54) is 16.4 Å². The third-order valence-electron chi connectivity index (χ3n) is 5.17. The summed E-state index contributed by atoms with van der Waals surface area (Å²) in [6.07, 6.45) is 1.58. The van der Waals surface area contributed by atoms with Crippen LogP contribution in [0, 0.1) is 0 Å². The van der Waals surface area contributed by atoms with Crippen molar-refractivity contribution in [1.29, 1.82) is 0 Å². The number of nitrogens with one attached hydrogen (secondary N) is 1. The fourth-order valence-corrected chi connectivity index (χ4v) is 4.20. The van der Waals surface area contributed by atoms with Crippen molar-refractivity contribution in [3.05, 3.63) is 65.7 Å². The number of rotatable bonds is 7. The number of hydrazone groups is 1. The van der Waals surface area contributed by atoms with Gasteiger partial charge in [0, 0.05) is 12.8 Å². The van der Waals surface area contributed by atoms with Crippen molar-refractivity contribution >= 4 is 40.0 Å². The highest BCUT2D eigenvalue weighted by Crippen LogP contribution is 2.24. The number of carbonyl (C=O) groups excluding carboxylic acids is 1. The smallest absolute Gasteiger partial charge is 0.293 e. The first kappa shape index (κ1) is 22.2. The molecule has 2 aromatic carbocycles. The van der Waals surface area contributed by atoms with Crippen LogP contribution in [0.1, 0.15) is 28.7 Å². The van der Waals surface area contributed by atoms with Gasteiger partial charge in [-0.1, -0.05) is 53.4 Å². The highest BCUT2D eigenvalue weighted by atomic mass is 32.2. The Morgan fingerprint density at radius 2 is 2.00 bits per heavy atom. The molecule has 0 atom stereocenters. The number of hydrogen-bond donors (Lipinski definition) is 2. The molecule has 5 rings (SSSR count).